The van der Waals surface area contributed by atoms with Crippen LogP contribution in [-0.2, 0) is 12.8 Å². The van der Waals surface area contributed by atoms with Gasteiger partial charge in [0.25, 0.3) is 5.56 Å². The van der Waals surface area contributed by atoms with Crippen molar-refractivity contribution in [2.75, 3.05) is 6.61 Å². The van der Waals surface area contributed by atoms with Crippen molar-refractivity contribution in [1.82, 2.24) is 45.1 Å². The third-order valence-electron chi connectivity index (χ3n) is 6.01. The minimum absolute atomic E-state index is 0.187. The van der Waals surface area contributed by atoms with E-state index >= 15 is 0 Å². The average Bonchev–Trinajstić information content (AvgIpc) is 3.48. The van der Waals surface area contributed by atoms with E-state index in [9.17, 15) is 4.79 Å². The van der Waals surface area contributed by atoms with Gasteiger partial charge in [0, 0.05) is 35.5 Å². The number of ether oxygens (including phenoxy) is 1. The molecule has 4 heterocycles. The molecule has 0 aliphatic carbocycles. The molecule has 5 aromatic rings. The molecular weight excluding hydrogens is 482 g/mol. The largest absolute Gasteiger partial charge is 0.490 e. The Morgan fingerprint density at radius 2 is 1.79 bits per heavy atom. The molecule has 0 aliphatic heterocycles. The van der Waals surface area contributed by atoms with Crippen molar-refractivity contribution in [2.24, 2.45) is 0 Å². The summed E-state index contributed by atoms with van der Waals surface area (Å²) in [4.78, 5) is 30.4. The number of hydrogen-bond donors (Lipinski definition) is 1. The highest BCUT2D eigenvalue weighted by Crippen LogP contribution is 2.28. The summed E-state index contributed by atoms with van der Waals surface area (Å²) in [5.41, 5.74) is 4.23. The molecule has 0 spiro atoms. The number of hydrogen-bond acceptors (Lipinski definition) is 9. The van der Waals surface area contributed by atoms with Gasteiger partial charge < -0.3 is 4.74 Å². The molecule has 0 bridgehead atoms. The smallest absolute Gasteiger partial charge is 0.260 e. The Bertz CT molecular complexity index is 1550. The van der Waals surface area contributed by atoms with E-state index < -0.39 is 0 Å². The first-order valence-electron chi connectivity index (χ1n) is 12.5. The second kappa shape index (κ2) is 11.5. The summed E-state index contributed by atoms with van der Waals surface area (Å²) < 4.78 is 7.23. The van der Waals surface area contributed by atoms with Crippen LogP contribution in [0.3, 0.4) is 0 Å². The normalized spacial score (nSPS) is 11.0. The topological polar surface area (TPSA) is 137 Å². The highest BCUT2D eigenvalue weighted by Gasteiger charge is 2.12. The molecule has 192 valence electrons. The Morgan fingerprint density at radius 1 is 0.974 bits per heavy atom. The monoisotopic (exact) mass is 509 g/mol. The predicted molar refractivity (Wildman–Crippen MR) is 141 cm³/mol. The molecule has 0 unspecified atom stereocenters. The maximum Gasteiger partial charge on any atom is 0.260 e. The summed E-state index contributed by atoms with van der Waals surface area (Å²) in [6.45, 7) is 4.32. The molecule has 5 rings (SSSR count). The molecule has 0 aliphatic rings. The molecule has 0 fully saturated rings. The van der Waals surface area contributed by atoms with Gasteiger partial charge in [-0.25, -0.2) is 19.5 Å². The maximum absolute atomic E-state index is 12.6. The first-order valence-corrected chi connectivity index (χ1v) is 12.5. The number of rotatable bonds is 10. The Balaban J connectivity index is 1.20. The molecule has 0 saturated carbocycles. The van der Waals surface area contributed by atoms with E-state index in [-0.39, 0.29) is 11.5 Å². The standard InChI is InChI=1S/C27H27N9O2/c1-3-4-7-20-14-25(37)36(18(2)31-20)27-29-16-21(17-30-27)38-13-12-19-10-11-24(28-15-19)22-8-5-6-9-23(22)26-32-34-35-33-26/h5-6,8-11,14-17H,3-4,7,12-13H2,1-2H3,(H,32,33,34,35). The zero-order valence-electron chi connectivity index (χ0n) is 21.2. The van der Waals surface area contributed by atoms with Crippen LogP contribution in [-0.4, -0.2) is 51.7 Å². The third kappa shape index (κ3) is 5.61. The molecule has 38 heavy (non-hydrogen) atoms. The number of aromatic nitrogens is 9. The van der Waals surface area contributed by atoms with Crippen molar-refractivity contribution in [3.63, 3.8) is 0 Å². The summed E-state index contributed by atoms with van der Waals surface area (Å²) in [7, 11) is 0. The number of aromatic amines is 1. The van der Waals surface area contributed by atoms with Crippen LogP contribution in [0.25, 0.3) is 28.6 Å². The van der Waals surface area contributed by atoms with Crippen molar-refractivity contribution >= 4 is 0 Å². The van der Waals surface area contributed by atoms with Crippen LogP contribution in [0.15, 0.2) is 65.8 Å². The van der Waals surface area contributed by atoms with E-state index in [0.29, 0.717) is 30.4 Å². The van der Waals surface area contributed by atoms with Gasteiger partial charge in [0.15, 0.2) is 5.75 Å². The predicted octanol–water partition coefficient (Wildman–Crippen LogP) is 3.54. The average molecular weight is 510 g/mol. The number of aryl methyl sites for hydroxylation is 2. The first kappa shape index (κ1) is 24.9. The molecule has 1 N–H and O–H groups in total. The Morgan fingerprint density at radius 3 is 2.47 bits per heavy atom. The Hall–Kier alpha value is -4.80. The number of benzene rings is 1. The van der Waals surface area contributed by atoms with Crippen LogP contribution < -0.4 is 10.3 Å². The fourth-order valence-corrected chi connectivity index (χ4v) is 4.08. The van der Waals surface area contributed by atoms with E-state index in [1.54, 1.807) is 25.4 Å². The molecule has 0 radical (unpaired) electrons. The summed E-state index contributed by atoms with van der Waals surface area (Å²) in [6.07, 6.45) is 8.44. The van der Waals surface area contributed by atoms with Gasteiger partial charge in [0.05, 0.1) is 24.7 Å². The number of unbranched alkanes of at least 4 members (excludes halogenated alkanes) is 1. The summed E-state index contributed by atoms with van der Waals surface area (Å²) in [6, 6.07) is 13.3. The third-order valence-corrected chi connectivity index (χ3v) is 6.01. The molecule has 0 amide bonds. The van der Waals surface area contributed by atoms with Gasteiger partial charge in [0.1, 0.15) is 5.82 Å². The van der Waals surface area contributed by atoms with Crippen molar-refractivity contribution in [3.05, 3.63) is 88.5 Å². The molecule has 4 aromatic heterocycles. The fourth-order valence-electron chi connectivity index (χ4n) is 4.08. The van der Waals surface area contributed by atoms with Gasteiger partial charge in [-0.3, -0.25) is 9.78 Å². The summed E-state index contributed by atoms with van der Waals surface area (Å²) >= 11 is 0. The lowest BCUT2D eigenvalue weighted by atomic mass is 10.0. The lowest BCUT2D eigenvalue weighted by Gasteiger charge is -2.10. The molecule has 11 heteroatoms. The van der Waals surface area contributed by atoms with Gasteiger partial charge in [-0.15, -0.1) is 10.2 Å². The van der Waals surface area contributed by atoms with E-state index in [1.807, 2.05) is 42.6 Å². The van der Waals surface area contributed by atoms with Crippen LogP contribution in [0.1, 0.15) is 36.8 Å². The highest BCUT2D eigenvalue weighted by molar-refractivity contribution is 5.78. The van der Waals surface area contributed by atoms with E-state index in [2.05, 4.69) is 47.5 Å². The zero-order chi connectivity index (χ0) is 26.3. The molecule has 11 nitrogen and oxygen atoms in total. The maximum atomic E-state index is 12.6. The molecule has 0 atom stereocenters. The van der Waals surface area contributed by atoms with Crippen LogP contribution >= 0.6 is 0 Å². The number of nitrogens with zero attached hydrogens (tertiary/aromatic N) is 8. The SMILES string of the molecule is CCCCc1cc(=O)n(-c2ncc(OCCc3ccc(-c4ccccc4-c4nn[nH]n4)nc3)cn2)c(C)n1. The van der Waals surface area contributed by atoms with E-state index in [1.165, 1.54) is 4.57 Å². The van der Waals surface area contributed by atoms with Gasteiger partial charge in [-0.2, -0.15) is 5.21 Å². The molecule has 0 saturated heterocycles. The fraction of sp³-hybridized carbons (Fsp3) is 0.259. The van der Waals surface area contributed by atoms with Gasteiger partial charge in [0.2, 0.25) is 11.8 Å². The van der Waals surface area contributed by atoms with E-state index in [4.69, 9.17) is 4.74 Å². The second-order valence-corrected chi connectivity index (χ2v) is 8.72. The molecular formula is C27H27N9O2. The number of H-pyrrole nitrogens is 1. The lowest BCUT2D eigenvalue weighted by Crippen LogP contribution is -2.24. The van der Waals surface area contributed by atoms with Crippen LogP contribution in [0.4, 0.5) is 0 Å². The van der Waals surface area contributed by atoms with Gasteiger partial charge >= 0.3 is 0 Å². The van der Waals surface area contributed by atoms with Crippen LogP contribution in [0, 0.1) is 6.92 Å². The van der Waals surface area contributed by atoms with Crippen molar-refractivity contribution in [2.45, 2.75) is 39.5 Å². The minimum atomic E-state index is -0.187. The van der Waals surface area contributed by atoms with Crippen LogP contribution in [0.2, 0.25) is 0 Å². The van der Waals surface area contributed by atoms with E-state index in [0.717, 1.165) is 47.3 Å². The van der Waals surface area contributed by atoms with Gasteiger partial charge in [-0.05, 0) is 36.6 Å². The second-order valence-electron chi connectivity index (χ2n) is 8.72. The Kier molecular flexibility index (Phi) is 7.53. The number of nitrogens with one attached hydrogen (secondary N) is 1. The highest BCUT2D eigenvalue weighted by atomic mass is 16.5. The number of pyridine rings is 1. The summed E-state index contributed by atoms with van der Waals surface area (Å²) in [5, 5.41) is 14.3. The minimum Gasteiger partial charge on any atom is -0.490 e. The number of tetrazole rings is 1. The van der Waals surface area contributed by atoms with Crippen molar-refractivity contribution < 1.29 is 4.74 Å². The van der Waals surface area contributed by atoms with Crippen molar-refractivity contribution in [1.29, 1.82) is 0 Å². The Labute approximate surface area is 219 Å². The van der Waals surface area contributed by atoms with Crippen molar-refractivity contribution in [3.8, 4) is 34.3 Å². The zero-order valence-corrected chi connectivity index (χ0v) is 21.2. The molecule has 1 aromatic carbocycles. The quantitative estimate of drug-likeness (QED) is 0.300. The van der Waals surface area contributed by atoms with Gasteiger partial charge in [-0.1, -0.05) is 43.7 Å². The lowest BCUT2D eigenvalue weighted by molar-refractivity contribution is 0.319. The first-order chi connectivity index (χ1) is 18.6. The van der Waals surface area contributed by atoms with Crippen LogP contribution in [0.5, 0.6) is 5.75 Å². The summed E-state index contributed by atoms with van der Waals surface area (Å²) in [5.74, 6) is 1.88.